The Labute approximate surface area is 744 Å². The zero-order chi connectivity index (χ0) is 83.3. The van der Waals surface area contributed by atoms with E-state index in [2.05, 4.69) is 407 Å². The van der Waals surface area contributed by atoms with E-state index in [0.717, 1.165) is 47.3 Å². The maximum Gasteiger partial charge on any atom is 0.0547 e. The summed E-state index contributed by atoms with van der Waals surface area (Å²) >= 11 is 0. The zero-order valence-corrected chi connectivity index (χ0v) is 71.4. The van der Waals surface area contributed by atoms with Crippen LogP contribution in [0.2, 0.25) is 0 Å². The van der Waals surface area contributed by atoms with Gasteiger partial charge in [0.1, 0.15) is 0 Å². The van der Waals surface area contributed by atoms with Crippen molar-refractivity contribution in [3.8, 4) is 89.5 Å². The minimum absolute atomic E-state index is 0.120. The summed E-state index contributed by atoms with van der Waals surface area (Å²) in [5.74, 6) is 6.61. The first-order valence-corrected chi connectivity index (χ1v) is 47.2. The molecule has 2 spiro atoms. The van der Waals surface area contributed by atoms with Gasteiger partial charge in [-0.05, 0) is 344 Å². The molecule has 608 valence electrons. The van der Waals surface area contributed by atoms with Gasteiger partial charge in [-0.2, -0.15) is 0 Å². The number of benzene rings is 18. The molecule has 128 heavy (non-hydrogen) atoms. The van der Waals surface area contributed by atoms with Gasteiger partial charge in [0, 0.05) is 76.4 Å². The SMILES string of the molecule is c1ccc(-c2ccc(-n3c4ccccc4c4cc(-c5ccc6c(c5)c5cc(-c7ccccc7)ccc5n6-c5ccc6c(c5)C5(c7ccccc7-6)C6CC7CC(C6)CC5C7)ccc43)cc2)cc1.c1ccc2c(c1)-c1ccc(-n3c4ccc(-c5ccc6c(c5)c5ccccc5n6-c5cccc6ccccc56)cc4c4cc5ccccc5cc43)cc1C21C2CC3CC(C2)CC1C3. The molecule has 0 atom stereocenters. The highest BCUT2D eigenvalue weighted by atomic mass is 15.0. The van der Waals surface area contributed by atoms with Crippen LogP contribution in [-0.4, -0.2) is 18.3 Å². The van der Waals surface area contributed by atoms with Crippen molar-refractivity contribution in [2.75, 3.05) is 0 Å². The monoisotopic (exact) mass is 1640 g/mol. The third-order valence-electron chi connectivity index (χ3n) is 33.3. The summed E-state index contributed by atoms with van der Waals surface area (Å²) in [6, 6.07) is 147. The van der Waals surface area contributed by atoms with E-state index in [1.54, 1.807) is 22.3 Å². The molecule has 0 saturated heterocycles. The molecule has 4 aromatic heterocycles. The standard InChI is InChI=1S/C64H48N2.C60H44N2/c1-3-11-42(12-4-1)44-19-24-50(25-20-44)65-60-18-10-8-16-54(60)55-37-46(22-29-61(55)65)47-23-30-63-57(38-47)56-36-45(43-13-5-2-6-14-43)21-28-62(56)66(63)51-26-27-53-52-15-7-9-17-58(52)64(59(53)39-51)48-32-40-31-41(34-48)35-49(64)33-40;1-2-12-40-34-59-52(31-39(40)11-1)51-33-42(41-21-25-58-50(32-41)49-16-6-8-18-56(49)62(58)55-19-9-13-38-10-3-4-14-46(38)55)20-24-57(51)61(59)45-22-23-48-47-15-5-7-17-53(47)60(54(48)35-45)43-27-36-26-37(29-43)30-44(60)28-36/h1-30,36-41,48-49H,31-35H2;1-25,31-37,43-44H,26-30H2. The Kier molecular flexibility index (Phi) is 15.2. The van der Waals surface area contributed by atoms with Crippen LogP contribution in [0.5, 0.6) is 0 Å². The van der Waals surface area contributed by atoms with E-state index in [1.165, 1.54) is 262 Å². The van der Waals surface area contributed by atoms with Gasteiger partial charge in [0.15, 0.2) is 0 Å². The molecule has 0 unspecified atom stereocenters. The Bertz CT molecular complexity index is 8410. The summed E-state index contributed by atoms with van der Waals surface area (Å²) in [6.45, 7) is 0. The van der Waals surface area contributed by atoms with Crippen molar-refractivity contribution in [2.45, 2.75) is 75.0 Å². The zero-order valence-electron chi connectivity index (χ0n) is 71.4. The maximum atomic E-state index is 2.65. The number of fused-ring (bicyclic) bond motifs is 20. The Morgan fingerprint density at radius 1 is 0.172 bits per heavy atom. The van der Waals surface area contributed by atoms with Crippen LogP contribution in [0.1, 0.15) is 86.5 Å². The molecule has 4 nitrogen and oxygen atoms in total. The predicted molar refractivity (Wildman–Crippen MR) is 534 cm³/mol. The van der Waals surface area contributed by atoms with E-state index < -0.39 is 0 Å². The number of hydrogen-bond donors (Lipinski definition) is 0. The summed E-state index contributed by atoms with van der Waals surface area (Å²) in [5, 5.41) is 15.3. The van der Waals surface area contributed by atoms with Gasteiger partial charge in [-0.25, -0.2) is 0 Å². The van der Waals surface area contributed by atoms with Crippen LogP contribution in [0.4, 0.5) is 0 Å². The Morgan fingerprint density at radius 2 is 0.484 bits per heavy atom. The van der Waals surface area contributed by atoms with E-state index in [0.29, 0.717) is 0 Å². The van der Waals surface area contributed by atoms with Gasteiger partial charge in [-0.15, -0.1) is 0 Å². The van der Waals surface area contributed by atoms with E-state index in [4.69, 9.17) is 0 Å². The molecule has 0 amide bonds. The first-order valence-electron chi connectivity index (χ1n) is 47.2. The summed E-state index contributed by atoms with van der Waals surface area (Å²) < 4.78 is 10.1. The molecule has 0 aliphatic heterocycles. The highest BCUT2D eigenvalue weighted by Crippen LogP contribution is 2.72. The van der Waals surface area contributed by atoms with E-state index in [9.17, 15) is 0 Å². The van der Waals surface area contributed by atoms with Crippen LogP contribution >= 0.6 is 0 Å². The lowest BCUT2D eigenvalue weighted by Gasteiger charge is -2.61. The van der Waals surface area contributed by atoms with Crippen molar-refractivity contribution in [3.63, 3.8) is 0 Å². The second kappa shape index (κ2) is 27.1. The largest absolute Gasteiger partial charge is 0.309 e. The third-order valence-corrected chi connectivity index (χ3v) is 33.3. The van der Waals surface area contributed by atoms with Crippen molar-refractivity contribution in [1.82, 2.24) is 18.3 Å². The van der Waals surface area contributed by atoms with Gasteiger partial charge in [0.05, 0.1) is 49.8 Å². The molecule has 8 fully saturated rings. The number of rotatable bonds is 8. The normalized spacial score (nSPS) is 21.8. The van der Waals surface area contributed by atoms with Crippen molar-refractivity contribution in [3.05, 3.63) is 411 Å². The molecular formula is C124H92N4. The molecule has 10 aliphatic rings. The third kappa shape index (κ3) is 10.2. The van der Waals surface area contributed by atoms with Gasteiger partial charge in [0.2, 0.25) is 0 Å². The molecule has 0 radical (unpaired) electrons. The molecule has 0 N–H and O–H groups in total. The van der Waals surface area contributed by atoms with Crippen molar-refractivity contribution >= 4 is 109 Å². The summed E-state index contributed by atoms with van der Waals surface area (Å²) in [7, 11) is 0. The molecule has 4 heteroatoms. The fourth-order valence-electron chi connectivity index (χ4n) is 28.7. The molecule has 32 rings (SSSR count). The second-order valence-corrected chi connectivity index (χ2v) is 39.4. The van der Waals surface area contributed by atoms with E-state index in [1.807, 2.05) is 0 Å². The van der Waals surface area contributed by atoms with Crippen LogP contribution < -0.4 is 0 Å². The van der Waals surface area contributed by atoms with Crippen molar-refractivity contribution in [1.29, 1.82) is 0 Å². The van der Waals surface area contributed by atoms with Crippen LogP contribution in [0, 0.1) is 47.3 Å². The molecule has 4 heterocycles. The van der Waals surface area contributed by atoms with Gasteiger partial charge in [-0.3, -0.25) is 0 Å². The van der Waals surface area contributed by atoms with Crippen molar-refractivity contribution in [2.24, 2.45) is 47.3 Å². The fraction of sp³-hybridized carbons (Fsp3) is 0.161. The van der Waals surface area contributed by atoms with Gasteiger partial charge in [0.25, 0.3) is 0 Å². The van der Waals surface area contributed by atoms with Gasteiger partial charge in [-0.1, -0.05) is 261 Å². The van der Waals surface area contributed by atoms with E-state index >= 15 is 0 Å². The van der Waals surface area contributed by atoms with Crippen LogP contribution in [0.3, 0.4) is 0 Å². The topological polar surface area (TPSA) is 19.7 Å². The molecule has 18 aromatic carbocycles. The minimum atomic E-state index is 0.120. The summed E-state index contributed by atoms with van der Waals surface area (Å²) in [5.41, 5.74) is 37.4. The lowest BCUT2D eigenvalue weighted by Crippen LogP contribution is -2.55. The number of hydrogen-bond acceptors (Lipinski definition) is 0. The highest BCUT2D eigenvalue weighted by Gasteiger charge is 2.63. The first-order chi connectivity index (χ1) is 63.4. The second-order valence-electron chi connectivity index (χ2n) is 39.4. The van der Waals surface area contributed by atoms with Crippen LogP contribution in [0.15, 0.2) is 388 Å². The average Bonchev–Trinajstić information content (AvgIpc) is 1.50. The Hall–Kier alpha value is -14.3. The highest BCUT2D eigenvalue weighted by molar-refractivity contribution is 6.18. The van der Waals surface area contributed by atoms with Crippen molar-refractivity contribution < 1.29 is 0 Å². The average molecular weight is 1640 g/mol. The van der Waals surface area contributed by atoms with Crippen LogP contribution in [-0.2, 0) is 10.8 Å². The predicted octanol–water partition coefficient (Wildman–Crippen LogP) is 32.2. The molecular weight excluding hydrogens is 1550 g/mol. The minimum Gasteiger partial charge on any atom is -0.309 e. The molecule has 10 aliphatic carbocycles. The molecule has 22 aromatic rings. The lowest BCUT2D eigenvalue weighted by molar-refractivity contribution is -0.0399. The maximum absolute atomic E-state index is 2.65. The summed E-state index contributed by atoms with van der Waals surface area (Å²) in [6.07, 6.45) is 14.1. The van der Waals surface area contributed by atoms with Crippen LogP contribution in [0.25, 0.3) is 198 Å². The number of nitrogens with zero attached hydrogens (tertiary/aromatic N) is 4. The van der Waals surface area contributed by atoms with Gasteiger partial charge >= 0.3 is 0 Å². The number of para-hydroxylation sites is 2. The quantitative estimate of drug-likeness (QED) is 0.144. The fourth-order valence-corrected chi connectivity index (χ4v) is 28.7. The lowest BCUT2D eigenvalue weighted by atomic mass is 9.43. The Balaban J connectivity index is 0.000000127. The summed E-state index contributed by atoms with van der Waals surface area (Å²) in [4.78, 5) is 0. The number of aromatic nitrogens is 4. The van der Waals surface area contributed by atoms with E-state index in [-0.39, 0.29) is 10.8 Å². The van der Waals surface area contributed by atoms with Gasteiger partial charge < -0.3 is 18.3 Å². The molecule has 8 bridgehead atoms. The Morgan fingerprint density at radius 3 is 0.969 bits per heavy atom. The first kappa shape index (κ1) is 71.9. The molecule has 8 saturated carbocycles. The smallest absolute Gasteiger partial charge is 0.0547 e.